The second-order valence-corrected chi connectivity index (χ2v) is 7.57. The van der Waals surface area contributed by atoms with Crippen LogP contribution in [0.3, 0.4) is 0 Å². The molecule has 0 aliphatic carbocycles. The number of hydrogen-bond acceptors (Lipinski definition) is 5. The van der Waals surface area contributed by atoms with Crippen LogP contribution in [-0.2, 0) is 17.9 Å². The van der Waals surface area contributed by atoms with Gasteiger partial charge in [-0.15, -0.1) is 11.8 Å². The van der Waals surface area contributed by atoms with Crippen LogP contribution in [0.4, 0.5) is 0 Å². The van der Waals surface area contributed by atoms with Crippen molar-refractivity contribution in [1.82, 2.24) is 9.55 Å². The summed E-state index contributed by atoms with van der Waals surface area (Å²) < 4.78 is 7.03. The van der Waals surface area contributed by atoms with Crippen molar-refractivity contribution in [2.45, 2.75) is 32.0 Å². The van der Waals surface area contributed by atoms with Gasteiger partial charge < -0.3 is 14.4 Å². The van der Waals surface area contributed by atoms with Crippen LogP contribution in [0.25, 0.3) is 11.1 Å². The molecule has 0 bridgehead atoms. The number of nitrogens with zero attached hydrogens (tertiary/aromatic N) is 2. The molecule has 0 spiro atoms. The van der Waals surface area contributed by atoms with E-state index in [1.807, 2.05) is 37.3 Å². The van der Waals surface area contributed by atoms with Gasteiger partial charge in [0.1, 0.15) is 10.9 Å². The van der Waals surface area contributed by atoms with Crippen LogP contribution >= 0.6 is 11.8 Å². The van der Waals surface area contributed by atoms with Gasteiger partial charge in [-0.1, -0.05) is 49.4 Å². The van der Waals surface area contributed by atoms with E-state index in [2.05, 4.69) is 28.6 Å². The van der Waals surface area contributed by atoms with Gasteiger partial charge in [-0.3, -0.25) is 0 Å². The Morgan fingerprint density at radius 3 is 2.54 bits per heavy atom. The molecule has 0 aliphatic rings. The molecule has 6 heteroatoms. The third-order valence-corrected chi connectivity index (χ3v) is 5.57. The Balaban J connectivity index is 1.89. The highest BCUT2D eigenvalue weighted by atomic mass is 32.2. The van der Waals surface area contributed by atoms with Gasteiger partial charge >= 0.3 is 5.97 Å². The van der Waals surface area contributed by atoms with E-state index in [1.165, 1.54) is 7.11 Å². The molecule has 0 saturated carbocycles. The van der Waals surface area contributed by atoms with Crippen LogP contribution in [0.5, 0.6) is 0 Å². The van der Waals surface area contributed by atoms with E-state index in [1.54, 1.807) is 17.8 Å². The minimum atomic E-state index is -0.341. The van der Waals surface area contributed by atoms with E-state index in [4.69, 9.17) is 4.74 Å². The molecule has 0 unspecified atom stereocenters. The van der Waals surface area contributed by atoms with Gasteiger partial charge in [-0.05, 0) is 35.4 Å². The molecule has 0 aliphatic heterocycles. The van der Waals surface area contributed by atoms with Crippen LogP contribution in [0, 0.1) is 6.92 Å². The lowest BCUT2D eigenvalue weighted by atomic mass is 9.98. The predicted octanol–water partition coefficient (Wildman–Crippen LogP) is 4.30. The summed E-state index contributed by atoms with van der Waals surface area (Å²) >= 11 is 1.69. The summed E-state index contributed by atoms with van der Waals surface area (Å²) in [7, 11) is 1.39. The number of carbonyl (C=O) groups is 1. The van der Waals surface area contributed by atoms with E-state index in [0.29, 0.717) is 12.1 Å². The van der Waals surface area contributed by atoms with E-state index in [0.717, 1.165) is 39.0 Å². The Bertz CT molecular complexity index is 964. The Morgan fingerprint density at radius 1 is 1.18 bits per heavy atom. The number of carbonyl (C=O) groups excluding carboxylic acids is 1. The first-order valence-corrected chi connectivity index (χ1v) is 10.1. The van der Waals surface area contributed by atoms with Crippen LogP contribution in [0.15, 0.2) is 53.6 Å². The SMILES string of the molecule is CCSc1c(CO)nc(C)n1Cc1ccc(-c2ccccc2C(=O)OC)cc1. The highest BCUT2D eigenvalue weighted by Gasteiger charge is 2.15. The monoisotopic (exact) mass is 396 g/mol. The number of aromatic nitrogens is 2. The number of thioether (sulfide) groups is 1. The summed E-state index contributed by atoms with van der Waals surface area (Å²) in [5, 5.41) is 10.6. The van der Waals surface area contributed by atoms with Crippen molar-refractivity contribution in [2.75, 3.05) is 12.9 Å². The fraction of sp³-hybridized carbons (Fsp3) is 0.273. The highest BCUT2D eigenvalue weighted by Crippen LogP contribution is 2.27. The number of imidazole rings is 1. The first kappa shape index (κ1) is 20.2. The number of esters is 1. The first-order chi connectivity index (χ1) is 13.6. The van der Waals surface area contributed by atoms with Gasteiger partial charge in [0.05, 0.1) is 25.0 Å². The molecular formula is C22H24N2O3S. The molecule has 3 aromatic rings. The number of methoxy groups -OCH3 is 1. The molecule has 0 radical (unpaired) electrons. The second kappa shape index (κ2) is 9.08. The summed E-state index contributed by atoms with van der Waals surface area (Å²) in [5.41, 5.74) is 4.23. The van der Waals surface area contributed by atoms with Crippen molar-refractivity contribution in [1.29, 1.82) is 0 Å². The zero-order valence-electron chi connectivity index (χ0n) is 16.3. The minimum absolute atomic E-state index is 0.0561. The molecule has 1 aromatic heterocycles. The molecule has 1 N–H and O–H groups in total. The van der Waals surface area contributed by atoms with Crippen molar-refractivity contribution in [3.8, 4) is 11.1 Å². The molecule has 1 heterocycles. The van der Waals surface area contributed by atoms with Gasteiger partial charge in [0.2, 0.25) is 0 Å². The van der Waals surface area contributed by atoms with Crippen LogP contribution in [0.1, 0.15) is 34.4 Å². The third-order valence-electron chi connectivity index (χ3n) is 4.55. The van der Waals surface area contributed by atoms with Gasteiger partial charge in [0.25, 0.3) is 0 Å². The molecule has 3 rings (SSSR count). The average Bonchev–Trinajstić information content (AvgIpc) is 3.03. The van der Waals surface area contributed by atoms with Gasteiger partial charge in [0.15, 0.2) is 0 Å². The Morgan fingerprint density at radius 2 is 1.89 bits per heavy atom. The van der Waals surface area contributed by atoms with Gasteiger partial charge in [-0.25, -0.2) is 9.78 Å². The third kappa shape index (κ3) is 4.13. The van der Waals surface area contributed by atoms with Crippen molar-refractivity contribution in [2.24, 2.45) is 0 Å². The standard InChI is InChI=1S/C22H24N2O3S/c1-4-28-21-20(14-25)23-15(2)24(21)13-16-9-11-17(12-10-16)18-7-5-6-8-19(18)22(26)27-3/h5-12,25H,4,13-14H2,1-3H3. The molecule has 0 fully saturated rings. The Hall–Kier alpha value is -2.57. The van der Waals surface area contributed by atoms with E-state index in [-0.39, 0.29) is 12.6 Å². The molecule has 0 amide bonds. The quantitative estimate of drug-likeness (QED) is 0.477. The van der Waals surface area contributed by atoms with Crippen LogP contribution < -0.4 is 0 Å². The lowest BCUT2D eigenvalue weighted by Crippen LogP contribution is -2.05. The highest BCUT2D eigenvalue weighted by molar-refractivity contribution is 7.99. The number of ether oxygens (including phenoxy) is 1. The topological polar surface area (TPSA) is 64.4 Å². The number of hydrogen-bond donors (Lipinski definition) is 1. The fourth-order valence-corrected chi connectivity index (χ4v) is 4.09. The molecule has 146 valence electrons. The van der Waals surface area contributed by atoms with Gasteiger partial charge in [-0.2, -0.15) is 0 Å². The average molecular weight is 397 g/mol. The maximum absolute atomic E-state index is 12.0. The summed E-state index contributed by atoms with van der Waals surface area (Å²) in [5.74, 6) is 1.47. The largest absolute Gasteiger partial charge is 0.465 e. The number of aryl methyl sites for hydroxylation is 1. The zero-order valence-corrected chi connectivity index (χ0v) is 17.1. The molecule has 28 heavy (non-hydrogen) atoms. The number of benzene rings is 2. The minimum Gasteiger partial charge on any atom is -0.465 e. The normalized spacial score (nSPS) is 10.9. The number of aliphatic hydroxyl groups is 1. The predicted molar refractivity (Wildman–Crippen MR) is 112 cm³/mol. The fourth-order valence-electron chi connectivity index (χ4n) is 3.19. The molecule has 0 atom stereocenters. The Labute approximate surface area is 169 Å². The first-order valence-electron chi connectivity index (χ1n) is 9.15. The van der Waals surface area contributed by atoms with Crippen molar-refractivity contribution in [3.05, 3.63) is 71.2 Å². The number of aliphatic hydroxyl groups excluding tert-OH is 1. The molecule has 5 nitrogen and oxygen atoms in total. The van der Waals surface area contributed by atoms with Crippen LogP contribution in [-0.4, -0.2) is 33.5 Å². The lowest BCUT2D eigenvalue weighted by Gasteiger charge is -2.12. The van der Waals surface area contributed by atoms with Crippen molar-refractivity contribution < 1.29 is 14.6 Å². The summed E-state index contributed by atoms with van der Waals surface area (Å²) in [4.78, 5) is 16.5. The van der Waals surface area contributed by atoms with Crippen molar-refractivity contribution in [3.63, 3.8) is 0 Å². The zero-order chi connectivity index (χ0) is 20.1. The Kier molecular flexibility index (Phi) is 6.54. The smallest absolute Gasteiger partial charge is 0.338 e. The van der Waals surface area contributed by atoms with E-state index in [9.17, 15) is 9.90 Å². The second-order valence-electron chi connectivity index (χ2n) is 6.32. The molecule has 0 saturated heterocycles. The number of rotatable bonds is 7. The maximum atomic E-state index is 12.0. The summed E-state index contributed by atoms with van der Waals surface area (Å²) in [6.07, 6.45) is 0. The van der Waals surface area contributed by atoms with Gasteiger partial charge in [0, 0.05) is 6.54 Å². The summed E-state index contributed by atoms with van der Waals surface area (Å²) in [6.45, 7) is 4.67. The van der Waals surface area contributed by atoms with Crippen molar-refractivity contribution >= 4 is 17.7 Å². The van der Waals surface area contributed by atoms with E-state index < -0.39 is 0 Å². The molecule has 2 aromatic carbocycles. The van der Waals surface area contributed by atoms with Crippen LogP contribution in [0.2, 0.25) is 0 Å². The maximum Gasteiger partial charge on any atom is 0.338 e. The lowest BCUT2D eigenvalue weighted by molar-refractivity contribution is 0.0601. The molecular weight excluding hydrogens is 372 g/mol. The summed E-state index contributed by atoms with van der Waals surface area (Å²) in [6, 6.07) is 15.6. The van der Waals surface area contributed by atoms with E-state index >= 15 is 0 Å².